The van der Waals surface area contributed by atoms with Crippen LogP contribution >= 0.6 is 11.8 Å². The minimum atomic E-state index is -0.184. The van der Waals surface area contributed by atoms with Crippen LogP contribution in [0.15, 0.2) is 35.5 Å². The van der Waals surface area contributed by atoms with Gasteiger partial charge in [0.05, 0.1) is 5.25 Å². The molecule has 106 valence electrons. The highest BCUT2D eigenvalue weighted by Gasteiger charge is 2.20. The lowest BCUT2D eigenvalue weighted by Crippen LogP contribution is -2.29. The lowest BCUT2D eigenvalue weighted by atomic mass is 10.2. The SMILES string of the molecule is C[C@@H](Sc1nnc(-c2ccccc2)n1C)C(=O)N(C)C. The number of nitrogens with zero attached hydrogens (tertiary/aromatic N) is 4. The fourth-order valence-electron chi connectivity index (χ4n) is 1.83. The zero-order valence-electron chi connectivity index (χ0n) is 12.1. The highest BCUT2D eigenvalue weighted by molar-refractivity contribution is 8.00. The Kier molecular flexibility index (Phi) is 4.44. The van der Waals surface area contributed by atoms with Crippen LogP contribution in [-0.4, -0.2) is 44.9 Å². The summed E-state index contributed by atoms with van der Waals surface area (Å²) in [6, 6.07) is 9.89. The van der Waals surface area contributed by atoms with Crippen LogP contribution in [0.3, 0.4) is 0 Å². The van der Waals surface area contributed by atoms with E-state index in [1.54, 1.807) is 19.0 Å². The Hall–Kier alpha value is -1.82. The van der Waals surface area contributed by atoms with Crippen LogP contribution in [-0.2, 0) is 11.8 Å². The van der Waals surface area contributed by atoms with Crippen LogP contribution in [0.25, 0.3) is 11.4 Å². The molecule has 6 heteroatoms. The molecule has 0 unspecified atom stereocenters. The number of carbonyl (C=O) groups excluding carboxylic acids is 1. The predicted molar refractivity (Wildman–Crippen MR) is 80.5 cm³/mol. The molecule has 0 fully saturated rings. The molecule has 1 aromatic heterocycles. The summed E-state index contributed by atoms with van der Waals surface area (Å²) < 4.78 is 1.92. The van der Waals surface area contributed by atoms with Gasteiger partial charge in [-0.1, -0.05) is 42.1 Å². The summed E-state index contributed by atoms with van der Waals surface area (Å²) in [4.78, 5) is 13.5. The van der Waals surface area contributed by atoms with Crippen molar-refractivity contribution in [3.63, 3.8) is 0 Å². The average molecular weight is 290 g/mol. The maximum absolute atomic E-state index is 11.9. The van der Waals surface area contributed by atoms with E-state index >= 15 is 0 Å². The highest BCUT2D eigenvalue weighted by atomic mass is 32.2. The van der Waals surface area contributed by atoms with Crippen molar-refractivity contribution in [2.45, 2.75) is 17.3 Å². The summed E-state index contributed by atoms with van der Waals surface area (Å²) in [7, 11) is 5.43. The van der Waals surface area contributed by atoms with E-state index in [0.717, 1.165) is 16.5 Å². The molecule has 0 radical (unpaired) electrons. The molecule has 0 spiro atoms. The number of benzene rings is 1. The summed E-state index contributed by atoms with van der Waals surface area (Å²) in [5.74, 6) is 0.872. The van der Waals surface area contributed by atoms with Gasteiger partial charge in [0.25, 0.3) is 0 Å². The normalized spacial score (nSPS) is 12.2. The van der Waals surface area contributed by atoms with Crippen LogP contribution in [0.1, 0.15) is 6.92 Å². The minimum absolute atomic E-state index is 0.0688. The van der Waals surface area contributed by atoms with Gasteiger partial charge in [-0.25, -0.2) is 0 Å². The van der Waals surface area contributed by atoms with Gasteiger partial charge in [-0.05, 0) is 6.92 Å². The first-order valence-corrected chi connectivity index (χ1v) is 7.21. The molecule has 0 N–H and O–H groups in total. The lowest BCUT2D eigenvalue weighted by Gasteiger charge is -2.15. The van der Waals surface area contributed by atoms with E-state index in [9.17, 15) is 4.79 Å². The second-order valence-electron chi connectivity index (χ2n) is 4.72. The maximum Gasteiger partial charge on any atom is 0.235 e. The molecule has 1 amide bonds. The van der Waals surface area contributed by atoms with E-state index in [4.69, 9.17) is 0 Å². The fourth-order valence-corrected chi connectivity index (χ4v) is 2.79. The first-order chi connectivity index (χ1) is 9.50. The summed E-state index contributed by atoms with van der Waals surface area (Å²) >= 11 is 1.42. The Balaban J connectivity index is 2.20. The fraction of sp³-hybridized carbons (Fsp3) is 0.357. The zero-order chi connectivity index (χ0) is 14.7. The van der Waals surface area contributed by atoms with Gasteiger partial charge < -0.3 is 9.47 Å². The van der Waals surface area contributed by atoms with Crippen molar-refractivity contribution in [1.82, 2.24) is 19.7 Å². The molecule has 1 atom stereocenters. The zero-order valence-corrected chi connectivity index (χ0v) is 12.9. The van der Waals surface area contributed by atoms with E-state index in [2.05, 4.69) is 10.2 Å². The van der Waals surface area contributed by atoms with Crippen LogP contribution in [0.2, 0.25) is 0 Å². The number of hydrogen-bond acceptors (Lipinski definition) is 4. The van der Waals surface area contributed by atoms with E-state index in [-0.39, 0.29) is 11.2 Å². The summed E-state index contributed by atoms with van der Waals surface area (Å²) in [6.07, 6.45) is 0. The predicted octanol–water partition coefficient (Wildman–Crippen LogP) is 2.05. The molecule has 5 nitrogen and oxygen atoms in total. The number of rotatable bonds is 4. The van der Waals surface area contributed by atoms with Gasteiger partial charge in [-0.15, -0.1) is 10.2 Å². The second-order valence-corrected chi connectivity index (χ2v) is 6.03. The molecule has 1 aromatic carbocycles. The number of hydrogen-bond donors (Lipinski definition) is 0. The van der Waals surface area contributed by atoms with Crippen molar-refractivity contribution >= 4 is 17.7 Å². The van der Waals surface area contributed by atoms with Crippen molar-refractivity contribution < 1.29 is 4.79 Å². The molecule has 2 rings (SSSR count). The topological polar surface area (TPSA) is 51.0 Å². The van der Waals surface area contributed by atoms with Gasteiger partial charge in [-0.2, -0.15) is 0 Å². The second kappa shape index (κ2) is 6.09. The smallest absolute Gasteiger partial charge is 0.235 e. The molecule has 0 saturated carbocycles. The number of carbonyl (C=O) groups is 1. The molecule has 1 heterocycles. The quantitative estimate of drug-likeness (QED) is 0.809. The van der Waals surface area contributed by atoms with Crippen LogP contribution in [0.4, 0.5) is 0 Å². The Bertz CT molecular complexity index is 594. The van der Waals surface area contributed by atoms with Crippen molar-refractivity contribution in [2.75, 3.05) is 14.1 Å². The third-order valence-corrected chi connectivity index (χ3v) is 4.06. The molecule has 0 saturated heterocycles. The lowest BCUT2D eigenvalue weighted by molar-refractivity contribution is -0.127. The van der Waals surface area contributed by atoms with Crippen molar-refractivity contribution in [1.29, 1.82) is 0 Å². The molecule has 20 heavy (non-hydrogen) atoms. The first kappa shape index (κ1) is 14.6. The van der Waals surface area contributed by atoms with Gasteiger partial charge >= 0.3 is 0 Å². The standard InChI is InChI=1S/C14H18N4OS/c1-10(13(19)17(2)3)20-14-16-15-12(18(14)4)11-8-6-5-7-9-11/h5-10H,1-4H3/t10-/m1/s1. The molecular weight excluding hydrogens is 272 g/mol. The number of aromatic nitrogens is 3. The molecule has 2 aromatic rings. The molecule has 0 aliphatic carbocycles. The van der Waals surface area contributed by atoms with E-state index < -0.39 is 0 Å². The monoisotopic (exact) mass is 290 g/mol. The van der Waals surface area contributed by atoms with Gasteiger partial charge in [0.15, 0.2) is 11.0 Å². The van der Waals surface area contributed by atoms with E-state index in [0.29, 0.717) is 0 Å². The van der Waals surface area contributed by atoms with E-state index in [1.807, 2.05) is 48.9 Å². The van der Waals surface area contributed by atoms with Gasteiger partial charge in [0, 0.05) is 26.7 Å². The molecular formula is C14H18N4OS. The Morgan fingerprint density at radius 3 is 2.50 bits per heavy atom. The third-order valence-electron chi connectivity index (χ3n) is 2.94. The van der Waals surface area contributed by atoms with Crippen molar-refractivity contribution in [3.05, 3.63) is 30.3 Å². The Labute approximate surface area is 123 Å². The van der Waals surface area contributed by atoms with Crippen molar-refractivity contribution in [3.8, 4) is 11.4 Å². The molecule has 0 bridgehead atoms. The summed E-state index contributed by atoms with van der Waals surface area (Å²) in [6.45, 7) is 1.88. The van der Waals surface area contributed by atoms with Gasteiger partial charge in [-0.3, -0.25) is 4.79 Å². The van der Waals surface area contributed by atoms with E-state index in [1.165, 1.54) is 11.8 Å². The van der Waals surface area contributed by atoms with Crippen LogP contribution < -0.4 is 0 Å². The number of amides is 1. The molecule has 0 aliphatic rings. The maximum atomic E-state index is 11.9. The Morgan fingerprint density at radius 2 is 1.90 bits per heavy atom. The third kappa shape index (κ3) is 3.01. The van der Waals surface area contributed by atoms with Crippen LogP contribution in [0, 0.1) is 0 Å². The first-order valence-electron chi connectivity index (χ1n) is 6.33. The summed E-state index contributed by atoms with van der Waals surface area (Å²) in [5, 5.41) is 8.95. The highest BCUT2D eigenvalue weighted by Crippen LogP contribution is 2.25. The van der Waals surface area contributed by atoms with Crippen molar-refractivity contribution in [2.24, 2.45) is 7.05 Å². The van der Waals surface area contributed by atoms with Crippen LogP contribution in [0.5, 0.6) is 0 Å². The summed E-state index contributed by atoms with van der Waals surface area (Å²) in [5.41, 5.74) is 1.01. The Morgan fingerprint density at radius 1 is 1.25 bits per heavy atom. The molecule has 0 aliphatic heterocycles. The van der Waals surface area contributed by atoms with Gasteiger partial charge in [0.1, 0.15) is 0 Å². The number of thioether (sulfide) groups is 1. The van der Waals surface area contributed by atoms with Gasteiger partial charge in [0.2, 0.25) is 5.91 Å². The minimum Gasteiger partial charge on any atom is -0.348 e. The average Bonchev–Trinajstić information content (AvgIpc) is 2.80. The largest absolute Gasteiger partial charge is 0.348 e.